The van der Waals surface area contributed by atoms with Crippen molar-refractivity contribution in [3.05, 3.63) is 47.8 Å². The van der Waals surface area contributed by atoms with Crippen LogP contribution in [0, 0.1) is 12.7 Å². The topological polar surface area (TPSA) is 93.7 Å². The van der Waals surface area contributed by atoms with Crippen LogP contribution in [0.1, 0.15) is 18.4 Å². The lowest BCUT2D eigenvalue weighted by Crippen LogP contribution is -2.28. The van der Waals surface area contributed by atoms with Crippen LogP contribution in [0.25, 0.3) is 0 Å². The summed E-state index contributed by atoms with van der Waals surface area (Å²) < 4.78 is 51.4. The molecule has 0 bridgehead atoms. The van der Waals surface area contributed by atoms with E-state index in [9.17, 15) is 17.6 Å². The molecule has 9 heteroatoms. The lowest BCUT2D eigenvalue weighted by atomic mass is 10.2. The van der Waals surface area contributed by atoms with E-state index in [1.54, 1.807) is 13.0 Å². The highest BCUT2D eigenvalue weighted by molar-refractivity contribution is 7.89. The molecule has 0 aliphatic carbocycles. The number of carbonyl (C=O) groups excluding carboxylic acids is 1. The van der Waals surface area contributed by atoms with E-state index in [0.29, 0.717) is 36.0 Å². The molecule has 0 fully saturated rings. The van der Waals surface area contributed by atoms with Gasteiger partial charge in [-0.2, -0.15) is 0 Å². The lowest BCUT2D eigenvalue weighted by molar-refractivity contribution is -0.116. The summed E-state index contributed by atoms with van der Waals surface area (Å²) in [4.78, 5) is 12.1. The number of rotatable bonds is 6. The molecular formula is C19H21FN2O5S. The number of benzene rings is 2. The van der Waals surface area contributed by atoms with Crippen LogP contribution >= 0.6 is 0 Å². The minimum absolute atomic E-state index is 0.0338. The Morgan fingerprint density at radius 1 is 1.11 bits per heavy atom. The van der Waals surface area contributed by atoms with Gasteiger partial charge in [0.15, 0.2) is 11.5 Å². The number of hydrogen-bond acceptors (Lipinski definition) is 5. The smallest absolute Gasteiger partial charge is 0.240 e. The van der Waals surface area contributed by atoms with Crippen LogP contribution in [0.2, 0.25) is 0 Å². The molecule has 150 valence electrons. The van der Waals surface area contributed by atoms with E-state index in [0.717, 1.165) is 6.42 Å². The fourth-order valence-corrected chi connectivity index (χ4v) is 3.72. The van der Waals surface area contributed by atoms with Crippen LogP contribution in [-0.2, 0) is 14.8 Å². The van der Waals surface area contributed by atoms with Crippen LogP contribution in [0.4, 0.5) is 10.1 Å². The van der Waals surface area contributed by atoms with Crippen molar-refractivity contribution in [1.29, 1.82) is 0 Å². The summed E-state index contributed by atoms with van der Waals surface area (Å²) in [6, 6.07) is 8.41. The number of ether oxygens (including phenoxy) is 2. The monoisotopic (exact) mass is 408 g/mol. The average molecular weight is 408 g/mol. The molecule has 28 heavy (non-hydrogen) atoms. The number of amides is 1. The molecule has 2 aromatic carbocycles. The minimum Gasteiger partial charge on any atom is -0.490 e. The van der Waals surface area contributed by atoms with Crippen molar-refractivity contribution in [1.82, 2.24) is 4.72 Å². The molecule has 0 atom stereocenters. The number of aryl methyl sites for hydroxylation is 1. The van der Waals surface area contributed by atoms with E-state index in [2.05, 4.69) is 10.0 Å². The fraction of sp³-hybridized carbons (Fsp3) is 0.316. The van der Waals surface area contributed by atoms with Gasteiger partial charge in [0.2, 0.25) is 15.9 Å². The first-order chi connectivity index (χ1) is 13.3. The molecule has 2 aromatic rings. The van der Waals surface area contributed by atoms with E-state index in [1.807, 2.05) is 0 Å². The molecule has 1 aliphatic heterocycles. The SMILES string of the molecule is Cc1cc(F)ccc1NC(=O)CCNS(=O)(=O)c1ccc2c(c1)OCCCO2. The second-order valence-electron chi connectivity index (χ2n) is 6.31. The van der Waals surface area contributed by atoms with Gasteiger partial charge < -0.3 is 14.8 Å². The molecular weight excluding hydrogens is 387 g/mol. The number of nitrogens with one attached hydrogen (secondary N) is 2. The number of fused-ring (bicyclic) bond motifs is 1. The molecule has 0 saturated carbocycles. The highest BCUT2D eigenvalue weighted by atomic mass is 32.2. The van der Waals surface area contributed by atoms with Crippen molar-refractivity contribution in [3.63, 3.8) is 0 Å². The van der Waals surface area contributed by atoms with E-state index in [-0.39, 0.29) is 23.8 Å². The standard InChI is InChI=1S/C19H21FN2O5S/c1-13-11-14(20)3-5-16(13)22-19(23)7-8-21-28(24,25)15-4-6-17-18(12-15)27-10-2-9-26-17/h3-6,11-12,21H,2,7-10H2,1H3,(H,22,23). The maximum Gasteiger partial charge on any atom is 0.240 e. The molecule has 7 nitrogen and oxygen atoms in total. The third-order valence-corrected chi connectivity index (χ3v) is 5.59. The summed E-state index contributed by atoms with van der Waals surface area (Å²) in [7, 11) is -3.80. The number of hydrogen-bond donors (Lipinski definition) is 2. The Hall–Kier alpha value is -2.65. The Kier molecular flexibility index (Phi) is 6.15. The van der Waals surface area contributed by atoms with Gasteiger partial charge >= 0.3 is 0 Å². The van der Waals surface area contributed by atoms with Crippen molar-refractivity contribution < 1.29 is 27.1 Å². The number of sulfonamides is 1. The maximum atomic E-state index is 13.1. The van der Waals surface area contributed by atoms with Crippen molar-refractivity contribution in [2.75, 3.05) is 25.1 Å². The normalized spacial score (nSPS) is 13.6. The number of halogens is 1. The van der Waals surface area contributed by atoms with Crippen molar-refractivity contribution in [2.45, 2.75) is 24.7 Å². The van der Waals surface area contributed by atoms with E-state index in [1.165, 1.54) is 30.3 Å². The Morgan fingerprint density at radius 2 is 1.86 bits per heavy atom. The zero-order valence-electron chi connectivity index (χ0n) is 15.3. The van der Waals surface area contributed by atoms with Crippen LogP contribution in [-0.4, -0.2) is 34.1 Å². The first-order valence-electron chi connectivity index (χ1n) is 8.80. The van der Waals surface area contributed by atoms with Gasteiger partial charge in [0.1, 0.15) is 5.82 Å². The number of anilines is 1. The van der Waals surface area contributed by atoms with E-state index < -0.39 is 15.8 Å². The minimum atomic E-state index is -3.80. The first kappa shape index (κ1) is 20.1. The zero-order valence-corrected chi connectivity index (χ0v) is 16.1. The van der Waals surface area contributed by atoms with Gasteiger partial charge in [-0.05, 0) is 42.8 Å². The third kappa shape index (κ3) is 4.99. The molecule has 0 saturated heterocycles. The van der Waals surface area contributed by atoms with Crippen molar-refractivity contribution >= 4 is 21.6 Å². The van der Waals surface area contributed by atoms with E-state index >= 15 is 0 Å². The third-order valence-electron chi connectivity index (χ3n) is 4.14. The quantitative estimate of drug-likeness (QED) is 0.766. The highest BCUT2D eigenvalue weighted by Crippen LogP contribution is 2.31. The Bertz CT molecular complexity index is 978. The first-order valence-corrected chi connectivity index (χ1v) is 10.3. The predicted octanol–water partition coefficient (Wildman–Crippen LogP) is 2.60. The molecule has 1 heterocycles. The van der Waals surface area contributed by atoms with Crippen molar-refractivity contribution in [2.24, 2.45) is 0 Å². The predicted molar refractivity (Wildman–Crippen MR) is 102 cm³/mol. The molecule has 1 amide bonds. The molecule has 1 aliphatic rings. The lowest BCUT2D eigenvalue weighted by Gasteiger charge is -2.11. The van der Waals surface area contributed by atoms with Gasteiger partial charge in [-0.3, -0.25) is 4.79 Å². The van der Waals surface area contributed by atoms with Gasteiger partial charge in [0.25, 0.3) is 0 Å². The molecule has 0 unspecified atom stereocenters. The molecule has 0 spiro atoms. The summed E-state index contributed by atoms with van der Waals surface area (Å²) in [5.41, 5.74) is 1.07. The van der Waals surface area contributed by atoms with Gasteiger partial charge in [-0.1, -0.05) is 0 Å². The molecule has 3 rings (SSSR count). The second-order valence-corrected chi connectivity index (χ2v) is 8.08. The van der Waals surface area contributed by atoms with Crippen LogP contribution < -0.4 is 19.5 Å². The van der Waals surface area contributed by atoms with Gasteiger partial charge in [-0.15, -0.1) is 0 Å². The van der Waals surface area contributed by atoms with Crippen LogP contribution in [0.15, 0.2) is 41.3 Å². The molecule has 0 aromatic heterocycles. The summed E-state index contributed by atoms with van der Waals surface area (Å²) in [6.45, 7) is 2.56. The fourth-order valence-electron chi connectivity index (χ4n) is 2.67. The van der Waals surface area contributed by atoms with Gasteiger partial charge in [-0.25, -0.2) is 17.5 Å². The summed E-state index contributed by atoms with van der Waals surface area (Å²) in [5, 5.41) is 2.63. The van der Waals surface area contributed by atoms with Crippen LogP contribution in [0.3, 0.4) is 0 Å². The Labute approximate surface area is 162 Å². The van der Waals surface area contributed by atoms with Crippen molar-refractivity contribution in [3.8, 4) is 11.5 Å². The van der Waals surface area contributed by atoms with Gasteiger partial charge in [0.05, 0.1) is 18.1 Å². The maximum absolute atomic E-state index is 13.1. The average Bonchev–Trinajstić information content (AvgIpc) is 2.88. The van der Waals surface area contributed by atoms with Gasteiger partial charge in [0, 0.05) is 31.1 Å². The largest absolute Gasteiger partial charge is 0.490 e. The Balaban J connectivity index is 1.57. The summed E-state index contributed by atoms with van der Waals surface area (Å²) in [5.74, 6) is 0.116. The number of carbonyl (C=O) groups is 1. The second kappa shape index (κ2) is 8.57. The van der Waals surface area contributed by atoms with E-state index in [4.69, 9.17) is 9.47 Å². The zero-order chi connectivity index (χ0) is 20.1. The molecule has 0 radical (unpaired) electrons. The summed E-state index contributed by atoms with van der Waals surface area (Å²) >= 11 is 0. The highest BCUT2D eigenvalue weighted by Gasteiger charge is 2.19. The Morgan fingerprint density at radius 3 is 2.61 bits per heavy atom. The summed E-state index contributed by atoms with van der Waals surface area (Å²) in [6.07, 6.45) is 0.651. The molecule has 2 N–H and O–H groups in total. The van der Waals surface area contributed by atoms with Crippen LogP contribution in [0.5, 0.6) is 11.5 Å².